The number of esters is 1. The quantitative estimate of drug-likeness (QED) is 0.546. The standard InChI is InChI=1S/C19H14N4O3/c1-10-15(16-11-6-2-3-7-12(11)18(25)26-16)17(24)23(22-10)19-20-13-8-4-5-9-14(13)21-19/h2-9,16,22H,1H3,(H,20,21). The highest BCUT2D eigenvalue weighted by Gasteiger charge is 2.36. The molecule has 2 aromatic heterocycles. The summed E-state index contributed by atoms with van der Waals surface area (Å²) in [6.07, 6.45) is -0.715. The van der Waals surface area contributed by atoms with E-state index in [4.69, 9.17) is 4.74 Å². The summed E-state index contributed by atoms with van der Waals surface area (Å²) in [4.78, 5) is 32.7. The first-order chi connectivity index (χ1) is 12.6. The zero-order valence-corrected chi connectivity index (χ0v) is 13.8. The molecule has 0 bridgehead atoms. The number of benzene rings is 2. The Balaban J connectivity index is 1.67. The lowest BCUT2D eigenvalue weighted by Crippen LogP contribution is -2.21. The molecule has 5 rings (SSSR count). The van der Waals surface area contributed by atoms with E-state index in [1.165, 1.54) is 4.68 Å². The molecule has 3 heterocycles. The lowest BCUT2D eigenvalue weighted by molar-refractivity contribution is 0.0453. The van der Waals surface area contributed by atoms with Crippen molar-refractivity contribution in [1.82, 2.24) is 19.7 Å². The molecule has 1 aliphatic heterocycles. The third kappa shape index (κ3) is 1.97. The summed E-state index contributed by atoms with van der Waals surface area (Å²) in [5.41, 5.74) is 3.53. The number of carbonyl (C=O) groups is 1. The summed E-state index contributed by atoms with van der Waals surface area (Å²) < 4.78 is 6.83. The second-order valence-corrected chi connectivity index (χ2v) is 6.24. The number of fused-ring (bicyclic) bond motifs is 2. The highest BCUT2D eigenvalue weighted by molar-refractivity contribution is 5.94. The minimum Gasteiger partial charge on any atom is -0.449 e. The summed E-state index contributed by atoms with van der Waals surface area (Å²) >= 11 is 0. The fourth-order valence-corrected chi connectivity index (χ4v) is 3.42. The molecule has 7 nitrogen and oxygen atoms in total. The Hall–Kier alpha value is -3.61. The number of rotatable bonds is 2. The second-order valence-electron chi connectivity index (χ2n) is 6.24. The number of cyclic esters (lactones) is 1. The highest BCUT2D eigenvalue weighted by Crippen LogP contribution is 2.35. The maximum atomic E-state index is 13.1. The number of nitrogens with one attached hydrogen (secondary N) is 2. The van der Waals surface area contributed by atoms with Crippen molar-refractivity contribution >= 4 is 17.0 Å². The number of aryl methyl sites for hydroxylation is 1. The predicted octanol–water partition coefficient (Wildman–Crippen LogP) is 2.61. The van der Waals surface area contributed by atoms with Crippen LogP contribution >= 0.6 is 0 Å². The first-order valence-electron chi connectivity index (χ1n) is 8.20. The molecule has 1 aliphatic rings. The van der Waals surface area contributed by atoms with Crippen molar-refractivity contribution in [3.63, 3.8) is 0 Å². The largest absolute Gasteiger partial charge is 0.449 e. The Kier molecular flexibility index (Phi) is 2.94. The molecule has 0 fully saturated rings. The van der Waals surface area contributed by atoms with Crippen LogP contribution in [0.4, 0.5) is 0 Å². The number of carbonyl (C=O) groups excluding carboxylic acids is 1. The van der Waals surface area contributed by atoms with Gasteiger partial charge in [-0.25, -0.2) is 9.78 Å². The van der Waals surface area contributed by atoms with Gasteiger partial charge in [-0.1, -0.05) is 30.3 Å². The van der Waals surface area contributed by atoms with E-state index in [2.05, 4.69) is 15.1 Å². The Bertz CT molecular complexity index is 1200. The average molecular weight is 346 g/mol. The summed E-state index contributed by atoms with van der Waals surface area (Å²) in [5.74, 6) is -0.0240. The number of nitrogens with zero attached hydrogens (tertiary/aromatic N) is 2. The first-order valence-corrected chi connectivity index (χ1v) is 8.20. The Morgan fingerprint density at radius 1 is 1.08 bits per heavy atom. The number of para-hydroxylation sites is 2. The maximum absolute atomic E-state index is 13.1. The van der Waals surface area contributed by atoms with Crippen molar-refractivity contribution in [2.75, 3.05) is 0 Å². The normalized spacial score (nSPS) is 16.0. The third-order valence-corrected chi connectivity index (χ3v) is 4.66. The molecule has 7 heteroatoms. The second kappa shape index (κ2) is 5.19. The molecule has 0 saturated carbocycles. The van der Waals surface area contributed by atoms with E-state index in [0.29, 0.717) is 28.3 Å². The Labute approximate surface area is 147 Å². The van der Waals surface area contributed by atoms with Crippen LogP contribution in [0.25, 0.3) is 17.0 Å². The van der Waals surface area contributed by atoms with Crippen LogP contribution in [-0.2, 0) is 4.74 Å². The SMILES string of the molecule is Cc1[nH]n(-c2nc3ccccc3[nH]2)c(=O)c1C1OC(=O)c2ccccc21. The van der Waals surface area contributed by atoms with Crippen molar-refractivity contribution in [3.05, 3.63) is 81.3 Å². The van der Waals surface area contributed by atoms with Gasteiger partial charge < -0.3 is 9.72 Å². The molecular weight excluding hydrogens is 332 g/mol. The zero-order valence-electron chi connectivity index (χ0n) is 13.8. The molecule has 0 radical (unpaired) electrons. The van der Waals surface area contributed by atoms with Crippen LogP contribution in [0.3, 0.4) is 0 Å². The van der Waals surface area contributed by atoms with Crippen LogP contribution in [-0.4, -0.2) is 25.7 Å². The highest BCUT2D eigenvalue weighted by atomic mass is 16.5. The van der Waals surface area contributed by atoms with Gasteiger partial charge in [0.2, 0.25) is 5.95 Å². The van der Waals surface area contributed by atoms with Gasteiger partial charge in [0.25, 0.3) is 5.56 Å². The topological polar surface area (TPSA) is 92.8 Å². The number of aromatic amines is 2. The molecule has 0 saturated heterocycles. The molecule has 2 N–H and O–H groups in total. The van der Waals surface area contributed by atoms with Crippen molar-refractivity contribution in [2.45, 2.75) is 13.0 Å². The molecule has 128 valence electrons. The number of H-pyrrole nitrogens is 2. The minimum absolute atomic E-state index is 0.295. The molecule has 26 heavy (non-hydrogen) atoms. The van der Waals surface area contributed by atoms with E-state index in [9.17, 15) is 9.59 Å². The summed E-state index contributed by atoms with van der Waals surface area (Å²) in [6.45, 7) is 1.78. The summed E-state index contributed by atoms with van der Waals surface area (Å²) in [6, 6.07) is 14.7. The van der Waals surface area contributed by atoms with Crippen molar-refractivity contribution < 1.29 is 9.53 Å². The monoisotopic (exact) mass is 346 g/mol. The van der Waals surface area contributed by atoms with Gasteiger partial charge in [0.05, 0.1) is 22.2 Å². The molecule has 0 spiro atoms. The molecule has 0 amide bonds. The average Bonchev–Trinajstić information content (AvgIpc) is 3.29. The Morgan fingerprint density at radius 2 is 1.85 bits per heavy atom. The van der Waals surface area contributed by atoms with Gasteiger partial charge in [-0.2, -0.15) is 4.68 Å². The van der Waals surface area contributed by atoms with Crippen LogP contribution < -0.4 is 5.56 Å². The molecule has 1 atom stereocenters. The van der Waals surface area contributed by atoms with Gasteiger partial charge in [-0.3, -0.25) is 9.89 Å². The van der Waals surface area contributed by atoms with Crippen LogP contribution in [0.2, 0.25) is 0 Å². The van der Waals surface area contributed by atoms with Gasteiger partial charge in [-0.05, 0) is 25.1 Å². The molecule has 4 aromatic rings. The number of hydrogen-bond acceptors (Lipinski definition) is 4. The lowest BCUT2D eigenvalue weighted by atomic mass is 10.00. The van der Waals surface area contributed by atoms with Gasteiger partial charge in [0.15, 0.2) is 6.10 Å². The number of aromatic nitrogens is 4. The van der Waals surface area contributed by atoms with E-state index in [1.54, 1.807) is 19.1 Å². The van der Waals surface area contributed by atoms with Gasteiger partial charge in [0, 0.05) is 11.3 Å². The van der Waals surface area contributed by atoms with Crippen LogP contribution in [0.5, 0.6) is 0 Å². The summed E-state index contributed by atoms with van der Waals surface area (Å²) in [7, 11) is 0. The van der Waals surface area contributed by atoms with Crippen molar-refractivity contribution in [1.29, 1.82) is 0 Å². The Morgan fingerprint density at radius 3 is 2.69 bits per heavy atom. The van der Waals surface area contributed by atoms with E-state index < -0.39 is 12.1 Å². The van der Waals surface area contributed by atoms with E-state index in [0.717, 1.165) is 11.0 Å². The zero-order chi connectivity index (χ0) is 17.8. The first kappa shape index (κ1) is 14.7. The van der Waals surface area contributed by atoms with E-state index in [-0.39, 0.29) is 5.56 Å². The van der Waals surface area contributed by atoms with Crippen LogP contribution in [0.1, 0.15) is 33.3 Å². The molecule has 2 aromatic carbocycles. The van der Waals surface area contributed by atoms with E-state index >= 15 is 0 Å². The molecule has 0 aliphatic carbocycles. The number of ether oxygens (including phenoxy) is 1. The molecular formula is C19H14N4O3. The maximum Gasteiger partial charge on any atom is 0.339 e. The van der Waals surface area contributed by atoms with E-state index in [1.807, 2.05) is 36.4 Å². The number of hydrogen-bond donors (Lipinski definition) is 2. The van der Waals surface area contributed by atoms with Crippen molar-refractivity contribution in [2.24, 2.45) is 0 Å². The molecule has 1 unspecified atom stereocenters. The van der Waals surface area contributed by atoms with Crippen molar-refractivity contribution in [3.8, 4) is 5.95 Å². The van der Waals surface area contributed by atoms with Gasteiger partial charge in [0.1, 0.15) is 0 Å². The summed E-state index contributed by atoms with van der Waals surface area (Å²) in [5, 5.41) is 3.03. The fourth-order valence-electron chi connectivity index (χ4n) is 3.42. The van der Waals surface area contributed by atoms with Gasteiger partial charge in [-0.15, -0.1) is 0 Å². The minimum atomic E-state index is -0.715. The lowest BCUT2D eigenvalue weighted by Gasteiger charge is -2.08. The fraction of sp³-hybridized carbons (Fsp3) is 0.105. The van der Waals surface area contributed by atoms with Crippen LogP contribution in [0.15, 0.2) is 53.3 Å². The third-order valence-electron chi connectivity index (χ3n) is 4.66. The predicted molar refractivity (Wildman–Crippen MR) is 94.5 cm³/mol. The van der Waals surface area contributed by atoms with Crippen LogP contribution in [0, 0.1) is 6.92 Å². The smallest absolute Gasteiger partial charge is 0.339 e. The van der Waals surface area contributed by atoms with Gasteiger partial charge >= 0.3 is 5.97 Å². The number of imidazole rings is 1.